The number of benzene rings is 1. The zero-order valence-electron chi connectivity index (χ0n) is 13.9. The second-order valence-corrected chi connectivity index (χ2v) is 6.21. The first-order chi connectivity index (χ1) is 11.4. The molecule has 26 heavy (non-hydrogen) atoms. The van der Waals surface area contributed by atoms with E-state index in [1.165, 1.54) is 0 Å². The number of hydrogen-bond acceptors (Lipinski definition) is 4. The van der Waals surface area contributed by atoms with Gasteiger partial charge >= 0.3 is 71.1 Å². The fourth-order valence-electron chi connectivity index (χ4n) is 2.82. The summed E-state index contributed by atoms with van der Waals surface area (Å²) in [4.78, 5) is 22.9. The van der Waals surface area contributed by atoms with Crippen LogP contribution in [0.2, 0.25) is 0 Å². The average molecular weight is 381 g/mol. The van der Waals surface area contributed by atoms with E-state index in [-0.39, 0.29) is 88.7 Å². The van der Waals surface area contributed by atoms with Gasteiger partial charge < -0.3 is 20.3 Å². The average Bonchev–Trinajstić information content (AvgIpc) is 3.00. The van der Waals surface area contributed by atoms with E-state index >= 15 is 0 Å². The molecule has 1 aliphatic rings. The number of rotatable bonds is 7. The Bertz CT molecular complexity index is 637. The summed E-state index contributed by atoms with van der Waals surface area (Å²) >= 11 is 0. The van der Waals surface area contributed by atoms with Crippen LogP contribution >= 0.6 is 0 Å². The molecule has 2 rings (SSSR count). The van der Waals surface area contributed by atoms with Gasteiger partial charge in [-0.1, -0.05) is 26.0 Å². The molecule has 0 spiro atoms. The molecule has 0 aliphatic carbocycles. The molecule has 3 N–H and O–H groups in total. The van der Waals surface area contributed by atoms with Crippen molar-refractivity contribution in [3.05, 3.63) is 41.0 Å². The zero-order valence-corrected chi connectivity index (χ0v) is 13.9. The molecule has 1 unspecified atom stereocenters. The van der Waals surface area contributed by atoms with Crippen molar-refractivity contribution in [2.75, 3.05) is 13.1 Å². The van der Waals surface area contributed by atoms with Crippen LogP contribution in [-0.2, 0) is 16.0 Å². The van der Waals surface area contributed by atoms with E-state index in [4.69, 9.17) is 4.74 Å². The number of aliphatic carboxylic acids is 2. The summed E-state index contributed by atoms with van der Waals surface area (Å²) in [6, 6.07) is 7.15. The molecule has 1 fully saturated rings. The van der Waals surface area contributed by atoms with E-state index in [1.807, 2.05) is 0 Å². The Morgan fingerprint density at radius 1 is 1.15 bits per heavy atom. The zero-order chi connectivity index (χ0) is 17.7. The van der Waals surface area contributed by atoms with Gasteiger partial charge in [0.2, 0.25) is 0 Å². The van der Waals surface area contributed by atoms with Crippen molar-refractivity contribution < 1.29 is 24.5 Å². The van der Waals surface area contributed by atoms with Crippen molar-refractivity contribution in [3.8, 4) is 5.75 Å². The Kier molecular flexibility index (Phi) is 12.0. The second kappa shape index (κ2) is 12.2. The summed E-state index contributed by atoms with van der Waals surface area (Å²) in [5, 5.41) is 21.9. The minimum absolute atomic E-state index is 0. The van der Waals surface area contributed by atoms with Crippen LogP contribution in [0.25, 0.3) is 0 Å². The van der Waals surface area contributed by atoms with Gasteiger partial charge in [0.15, 0.2) is 0 Å². The van der Waals surface area contributed by atoms with Crippen LogP contribution in [0.1, 0.15) is 25.8 Å². The molecule has 6 nitrogen and oxygen atoms in total. The second-order valence-electron chi connectivity index (χ2n) is 6.21. The summed E-state index contributed by atoms with van der Waals surface area (Å²) in [5.74, 6) is -2.02. The first kappa shape index (κ1) is 25.7. The molecule has 0 bridgehead atoms. The number of hydrogen-bond donors (Lipinski definition) is 3. The molecule has 0 amide bonds. The van der Waals surface area contributed by atoms with Gasteiger partial charge in [-0.25, -0.2) is 9.59 Å². The maximum absolute atomic E-state index is 11.5. The van der Waals surface area contributed by atoms with E-state index in [2.05, 4.69) is 5.32 Å². The molecule has 1 heterocycles. The fourth-order valence-corrected chi connectivity index (χ4v) is 2.82. The molecule has 0 aromatic heterocycles. The Balaban J connectivity index is 0.00000312. The van der Waals surface area contributed by atoms with E-state index in [9.17, 15) is 19.8 Å². The van der Waals surface area contributed by atoms with Crippen molar-refractivity contribution >= 4 is 71.1 Å². The van der Waals surface area contributed by atoms with Gasteiger partial charge in [-0.3, -0.25) is 0 Å². The van der Waals surface area contributed by atoms with Crippen LogP contribution in [0.3, 0.4) is 0 Å². The molecular weight excluding hydrogens is 356 g/mol. The first-order valence-corrected chi connectivity index (χ1v) is 8.04. The Hall–Kier alpha value is -0.340. The van der Waals surface area contributed by atoms with Crippen molar-refractivity contribution in [2.24, 2.45) is 5.92 Å². The molecule has 0 radical (unpaired) electrons. The van der Waals surface area contributed by atoms with Gasteiger partial charge in [0.1, 0.15) is 11.9 Å². The summed E-state index contributed by atoms with van der Waals surface area (Å²) in [7, 11) is 0. The maximum atomic E-state index is 11.5. The summed E-state index contributed by atoms with van der Waals surface area (Å²) in [5.41, 5.74) is 0.606. The summed E-state index contributed by atoms with van der Waals surface area (Å²) in [6.45, 7) is 5.13. The Labute approximate surface area is 198 Å². The van der Waals surface area contributed by atoms with Gasteiger partial charge in [-0.05, 0) is 36.6 Å². The third-order valence-electron chi connectivity index (χ3n) is 4.01. The van der Waals surface area contributed by atoms with Crippen LogP contribution in [0.5, 0.6) is 5.75 Å². The van der Waals surface area contributed by atoms with Crippen molar-refractivity contribution in [3.63, 3.8) is 0 Å². The Morgan fingerprint density at radius 2 is 1.77 bits per heavy atom. The SMILES string of the molecule is CC(C)/C(C(=O)O)=C(\Cc1ccc(OC2CCNC2)cc1)C(=O)O.[NaH].[NaH]. The minimum atomic E-state index is -1.20. The normalized spacial score (nSPS) is 17.0. The molecule has 0 saturated carbocycles. The molecule has 1 atom stereocenters. The van der Waals surface area contributed by atoms with Crippen LogP contribution in [-0.4, -0.2) is 100 Å². The van der Waals surface area contributed by atoms with E-state index in [0.29, 0.717) is 0 Å². The third-order valence-corrected chi connectivity index (χ3v) is 4.01. The van der Waals surface area contributed by atoms with E-state index in [0.717, 1.165) is 30.8 Å². The van der Waals surface area contributed by atoms with Crippen molar-refractivity contribution in [1.82, 2.24) is 5.32 Å². The number of carboxylic acid groups (broad SMARTS) is 2. The van der Waals surface area contributed by atoms with Crippen LogP contribution in [0.15, 0.2) is 35.4 Å². The topological polar surface area (TPSA) is 95.9 Å². The molecule has 134 valence electrons. The Morgan fingerprint density at radius 3 is 2.19 bits per heavy atom. The van der Waals surface area contributed by atoms with Crippen LogP contribution < -0.4 is 10.1 Å². The summed E-state index contributed by atoms with van der Waals surface area (Å²) in [6.07, 6.45) is 1.19. The van der Waals surface area contributed by atoms with E-state index in [1.54, 1.807) is 38.1 Å². The van der Waals surface area contributed by atoms with E-state index < -0.39 is 11.9 Å². The third kappa shape index (κ3) is 7.35. The molecule has 1 aliphatic heterocycles. The number of ether oxygens (including phenoxy) is 1. The molecule has 1 aromatic rings. The van der Waals surface area contributed by atoms with Crippen molar-refractivity contribution in [2.45, 2.75) is 32.8 Å². The standard InChI is InChI=1S/C18H23NO5.2Na.2H/c1-11(2)16(18(22)23)15(17(20)21)9-12-3-5-13(6-4-12)24-14-7-8-19-10-14;;;;/h3-6,11,14,19H,7-10H2,1-2H3,(H,20,21)(H,22,23);;;;/b16-15-;;;;. The molecule has 1 saturated heterocycles. The van der Waals surface area contributed by atoms with Crippen LogP contribution in [0.4, 0.5) is 0 Å². The summed E-state index contributed by atoms with van der Waals surface area (Å²) < 4.78 is 5.82. The van der Waals surface area contributed by atoms with Gasteiger partial charge in [0.25, 0.3) is 0 Å². The van der Waals surface area contributed by atoms with Crippen LogP contribution in [0, 0.1) is 5.92 Å². The van der Waals surface area contributed by atoms with Crippen molar-refractivity contribution in [1.29, 1.82) is 0 Å². The molecule has 1 aromatic carbocycles. The monoisotopic (exact) mass is 381 g/mol. The predicted octanol–water partition coefficient (Wildman–Crippen LogP) is 0.795. The number of nitrogens with one attached hydrogen (secondary N) is 1. The van der Waals surface area contributed by atoms with Gasteiger partial charge in [-0.15, -0.1) is 0 Å². The van der Waals surface area contributed by atoms with Gasteiger partial charge in [0, 0.05) is 13.0 Å². The number of carboxylic acids is 2. The fraction of sp³-hybridized carbons (Fsp3) is 0.444. The quantitative estimate of drug-likeness (QED) is 0.478. The molecular formula is C18H25NNa2O5. The first-order valence-electron chi connectivity index (χ1n) is 8.04. The van der Waals surface area contributed by atoms with Gasteiger partial charge in [0.05, 0.1) is 11.1 Å². The number of carbonyl (C=O) groups is 2. The molecule has 8 heteroatoms. The van der Waals surface area contributed by atoms with Gasteiger partial charge in [-0.2, -0.15) is 0 Å². The predicted molar refractivity (Wildman–Crippen MR) is 103 cm³/mol.